The van der Waals surface area contributed by atoms with E-state index < -0.39 is 7.54 Å². The zero-order chi connectivity index (χ0) is 7.70. The van der Waals surface area contributed by atoms with E-state index in [2.05, 4.69) is 0 Å². The fourth-order valence-electron chi connectivity index (χ4n) is 0.204. The molecule has 0 heterocycles. The monoisotopic (exact) mass is 180 g/mol. The Morgan fingerprint density at radius 3 is 1.36 bits per heavy atom. The second-order valence-corrected chi connectivity index (χ2v) is 1.03. The summed E-state index contributed by atoms with van der Waals surface area (Å²) in [7, 11) is -3.67. The van der Waals surface area contributed by atoms with E-state index >= 15 is 0 Å². The van der Waals surface area contributed by atoms with Crippen molar-refractivity contribution in [2.45, 2.75) is 13.8 Å². The van der Waals surface area contributed by atoms with Crippen molar-refractivity contribution in [1.29, 1.82) is 0 Å². The van der Waals surface area contributed by atoms with Crippen LogP contribution in [0.5, 0.6) is 0 Å². The number of rotatable bonds is 2. The van der Waals surface area contributed by atoms with Crippen molar-refractivity contribution in [2.24, 2.45) is 0 Å². The molecular weight excluding hydrogens is 166 g/mol. The van der Waals surface area contributed by atoms with Gasteiger partial charge < -0.3 is 10.4 Å². The quantitative estimate of drug-likeness (QED) is 0.495. The van der Waals surface area contributed by atoms with Crippen molar-refractivity contribution in [1.82, 2.24) is 0 Å². The molecule has 0 aromatic heterocycles. The van der Waals surface area contributed by atoms with E-state index in [1.165, 1.54) is 0 Å². The van der Waals surface area contributed by atoms with E-state index in [-0.39, 0.29) is 41.9 Å². The van der Waals surface area contributed by atoms with Crippen LogP contribution in [0.2, 0.25) is 0 Å². The Kier molecular flexibility index (Phi) is 46.3. The molecule has 64 valence electrons. The average Bonchev–Trinajstić information content (AvgIpc) is 1.66. The van der Waals surface area contributed by atoms with Gasteiger partial charge in [0.05, 0.1) is 0 Å². The first-order chi connectivity index (χ1) is 4.15. The third-order valence-corrected chi connectivity index (χ3v) is 0.408. The van der Waals surface area contributed by atoms with Crippen molar-refractivity contribution in [3.8, 4) is 0 Å². The number of hydrogen-bond acceptors (Lipinski definition) is 1. The molecule has 0 bridgehead atoms. The Morgan fingerprint density at radius 1 is 1.18 bits per heavy atom. The molecule has 0 unspecified atom stereocenters. The van der Waals surface area contributed by atoms with Crippen LogP contribution in [-0.4, -0.2) is 38.1 Å². The van der Waals surface area contributed by atoms with Gasteiger partial charge in [0.15, 0.2) is 0 Å². The molecule has 0 amide bonds. The first-order valence-corrected chi connectivity index (χ1v) is 2.65. The second-order valence-electron chi connectivity index (χ2n) is 1.03. The van der Waals surface area contributed by atoms with Gasteiger partial charge in [0.2, 0.25) is 0 Å². The van der Waals surface area contributed by atoms with Crippen molar-refractivity contribution in [3.05, 3.63) is 0 Å². The Labute approximate surface area is 94.5 Å². The third kappa shape index (κ3) is 101. The SMILES string of the molecule is CCOCC.FB(F)F.[Al+3].[H-].[H-].[H-].[H-].[Li+]. The van der Waals surface area contributed by atoms with Crippen molar-refractivity contribution >= 4 is 24.9 Å². The number of ether oxygens (including phenoxy) is 1. The molecule has 0 rings (SSSR count). The fraction of sp³-hybridized carbons (Fsp3) is 1.00. The first kappa shape index (κ1) is 22.7. The van der Waals surface area contributed by atoms with Crippen LogP contribution in [0.15, 0.2) is 0 Å². The Bertz CT molecular complexity index is 62.1. The smallest absolute Gasteiger partial charge is 1.00 e. The summed E-state index contributed by atoms with van der Waals surface area (Å²) in [5, 5.41) is 0. The normalized spacial score (nSPS) is 6.27. The summed E-state index contributed by atoms with van der Waals surface area (Å²) in [5.41, 5.74) is 0. The van der Waals surface area contributed by atoms with Crippen molar-refractivity contribution < 1.29 is 42.3 Å². The third-order valence-electron chi connectivity index (χ3n) is 0.408. The minimum atomic E-state index is -3.67. The fourth-order valence-corrected chi connectivity index (χ4v) is 0.204. The molecule has 0 saturated heterocycles. The van der Waals surface area contributed by atoms with E-state index in [1.807, 2.05) is 13.8 Å². The summed E-state index contributed by atoms with van der Waals surface area (Å²) in [5.74, 6) is 0. The van der Waals surface area contributed by atoms with Gasteiger partial charge in [-0.15, -0.1) is 0 Å². The molecule has 0 aromatic rings. The van der Waals surface area contributed by atoms with Gasteiger partial charge in [-0.05, 0) is 13.8 Å². The Balaban J connectivity index is -0.00000000785. The minimum absolute atomic E-state index is 0. The maximum atomic E-state index is 9.67. The molecule has 0 N–H and O–H groups in total. The predicted octanol–water partition coefficient (Wildman–Crippen LogP) is -1.00. The van der Waals surface area contributed by atoms with E-state index in [0.717, 1.165) is 13.2 Å². The van der Waals surface area contributed by atoms with Crippen LogP contribution in [0, 0.1) is 0 Å². The van der Waals surface area contributed by atoms with Crippen molar-refractivity contribution in [3.63, 3.8) is 0 Å². The largest absolute Gasteiger partial charge is 3.00 e. The van der Waals surface area contributed by atoms with E-state index in [4.69, 9.17) is 4.74 Å². The molecule has 0 saturated carbocycles. The van der Waals surface area contributed by atoms with Gasteiger partial charge in [-0.25, -0.2) is 0 Å². The molecule has 0 fully saturated rings. The summed E-state index contributed by atoms with van der Waals surface area (Å²) >= 11 is 0. The summed E-state index contributed by atoms with van der Waals surface area (Å²) in [6.45, 7) is 5.67. The molecule has 0 atom stereocenters. The van der Waals surface area contributed by atoms with Crippen LogP contribution in [0.3, 0.4) is 0 Å². The number of halogens is 3. The average molecular weight is 180 g/mol. The van der Waals surface area contributed by atoms with Gasteiger partial charge >= 0.3 is 43.8 Å². The van der Waals surface area contributed by atoms with Gasteiger partial charge in [-0.2, -0.15) is 0 Å². The number of hydrogen-bond donors (Lipinski definition) is 0. The summed E-state index contributed by atoms with van der Waals surface area (Å²) in [6.07, 6.45) is 0. The molecule has 0 aliphatic heterocycles. The second kappa shape index (κ2) is 22.4. The topological polar surface area (TPSA) is 9.23 Å². The summed E-state index contributed by atoms with van der Waals surface area (Å²) in [4.78, 5) is 0. The molecule has 0 aromatic carbocycles. The van der Waals surface area contributed by atoms with Crippen LogP contribution < -0.4 is 18.9 Å². The molecule has 11 heavy (non-hydrogen) atoms. The molecule has 0 spiro atoms. The zero-order valence-corrected chi connectivity index (χ0v) is 8.27. The Hall–Kier alpha value is 0.945. The maximum Gasteiger partial charge on any atom is 3.00 e. The van der Waals surface area contributed by atoms with E-state index in [1.54, 1.807) is 0 Å². The standard InChI is InChI=1S/C4H10O.Al.BF3.Li.4H/c1-3-5-4-2;;2-1(3)4;;;;;/h3-4H2,1-2H3;;;;;;;/q;+3;;+1;4*-1. The summed E-state index contributed by atoms with van der Waals surface area (Å²) in [6, 6.07) is 0. The molecule has 7 heteroatoms. The zero-order valence-electron chi connectivity index (χ0n) is 11.1. The molecule has 0 aliphatic rings. The van der Waals surface area contributed by atoms with Gasteiger partial charge in [-0.1, -0.05) is 0 Å². The van der Waals surface area contributed by atoms with Crippen LogP contribution in [0.25, 0.3) is 0 Å². The molecule has 0 radical (unpaired) electrons. The minimum Gasteiger partial charge on any atom is -1.00 e. The van der Waals surface area contributed by atoms with Crippen molar-refractivity contribution in [2.75, 3.05) is 13.2 Å². The van der Waals surface area contributed by atoms with Gasteiger partial charge in [0.1, 0.15) is 0 Å². The van der Waals surface area contributed by atoms with Gasteiger partial charge in [-0.3, -0.25) is 12.9 Å². The van der Waals surface area contributed by atoms with E-state index in [0.29, 0.717) is 0 Å². The van der Waals surface area contributed by atoms with E-state index in [9.17, 15) is 12.9 Å². The first-order valence-electron chi connectivity index (χ1n) is 2.65. The van der Waals surface area contributed by atoms with Crippen LogP contribution in [0.1, 0.15) is 19.6 Å². The van der Waals surface area contributed by atoms with Gasteiger partial charge in [0, 0.05) is 13.2 Å². The molecular formula is C4H14AlBF3LiO. The molecule has 0 aliphatic carbocycles. The summed E-state index contributed by atoms with van der Waals surface area (Å²) < 4.78 is 33.8. The predicted molar refractivity (Wildman–Crippen MR) is 41.4 cm³/mol. The van der Waals surface area contributed by atoms with Crippen LogP contribution in [0.4, 0.5) is 12.9 Å². The van der Waals surface area contributed by atoms with Crippen LogP contribution in [-0.2, 0) is 4.74 Å². The maximum absolute atomic E-state index is 9.67. The van der Waals surface area contributed by atoms with Gasteiger partial charge in [0.25, 0.3) is 0 Å². The molecule has 1 nitrogen and oxygen atoms in total. The van der Waals surface area contributed by atoms with Crippen LogP contribution >= 0.6 is 0 Å². The Morgan fingerprint density at radius 2 is 1.36 bits per heavy atom.